The molecule has 1 aromatic rings. The Labute approximate surface area is 73.0 Å². The molecule has 0 bridgehead atoms. The molecule has 12 heavy (non-hydrogen) atoms. The zero-order chi connectivity index (χ0) is 8.81. The summed E-state index contributed by atoms with van der Waals surface area (Å²) in [6, 6.07) is 9.48. The second-order valence-corrected chi connectivity index (χ2v) is 3.07. The third-order valence-electron chi connectivity index (χ3n) is 1.30. The summed E-state index contributed by atoms with van der Waals surface area (Å²) in [6.45, 7) is 4.78. The van der Waals surface area contributed by atoms with Crippen LogP contribution in [-0.2, 0) is 4.89 Å². The van der Waals surface area contributed by atoms with E-state index in [1.54, 1.807) is 0 Å². The Balaban J connectivity index is 2.25. The summed E-state index contributed by atoms with van der Waals surface area (Å²) in [5.74, 6) is 1.24. The molecule has 66 valence electrons. The topological polar surface area (TPSA) is 18.5 Å². The third-order valence-corrected chi connectivity index (χ3v) is 1.30. The van der Waals surface area contributed by atoms with Crippen molar-refractivity contribution in [3.8, 4) is 5.75 Å². The minimum atomic E-state index is 0.494. The standard InChI is InChI=1S/C10H14O2/c1-9(2)8-11-12-10-6-4-3-5-7-10/h3-7,9H,8H2,1-2H3. The lowest BCUT2D eigenvalue weighted by Crippen LogP contribution is -2.04. The van der Waals surface area contributed by atoms with Gasteiger partial charge in [0.25, 0.3) is 0 Å². The highest BCUT2D eigenvalue weighted by Gasteiger charge is 1.95. The maximum Gasteiger partial charge on any atom is 0.165 e. The van der Waals surface area contributed by atoms with Crippen molar-refractivity contribution in [3.63, 3.8) is 0 Å². The van der Waals surface area contributed by atoms with Gasteiger partial charge in [-0.1, -0.05) is 32.0 Å². The summed E-state index contributed by atoms with van der Waals surface area (Å²) >= 11 is 0. The van der Waals surface area contributed by atoms with Gasteiger partial charge in [0.1, 0.15) is 0 Å². The molecule has 0 fully saturated rings. The fraction of sp³-hybridized carbons (Fsp3) is 0.400. The minimum Gasteiger partial charge on any atom is -0.338 e. The first-order valence-corrected chi connectivity index (χ1v) is 4.13. The van der Waals surface area contributed by atoms with E-state index in [-0.39, 0.29) is 0 Å². The molecule has 0 aliphatic heterocycles. The van der Waals surface area contributed by atoms with Crippen LogP contribution in [0.5, 0.6) is 5.75 Å². The quantitative estimate of drug-likeness (QED) is 0.505. The van der Waals surface area contributed by atoms with Crippen LogP contribution in [0.15, 0.2) is 30.3 Å². The summed E-state index contributed by atoms with van der Waals surface area (Å²) < 4.78 is 0. The van der Waals surface area contributed by atoms with E-state index in [0.29, 0.717) is 12.5 Å². The van der Waals surface area contributed by atoms with Gasteiger partial charge in [-0.3, -0.25) is 0 Å². The Morgan fingerprint density at radius 3 is 2.42 bits per heavy atom. The van der Waals surface area contributed by atoms with Gasteiger partial charge in [-0.05, 0) is 18.1 Å². The number of para-hydroxylation sites is 1. The van der Waals surface area contributed by atoms with E-state index in [4.69, 9.17) is 9.78 Å². The van der Waals surface area contributed by atoms with Crippen LogP contribution in [0.3, 0.4) is 0 Å². The number of hydrogen-bond donors (Lipinski definition) is 0. The molecule has 0 saturated heterocycles. The predicted molar refractivity (Wildman–Crippen MR) is 47.9 cm³/mol. The molecule has 0 unspecified atom stereocenters. The molecule has 0 amide bonds. The van der Waals surface area contributed by atoms with Gasteiger partial charge in [-0.2, -0.15) is 4.89 Å². The fourth-order valence-corrected chi connectivity index (χ4v) is 0.714. The van der Waals surface area contributed by atoms with Crippen LogP contribution in [0.4, 0.5) is 0 Å². The first kappa shape index (κ1) is 9.07. The van der Waals surface area contributed by atoms with Crippen molar-refractivity contribution < 1.29 is 9.78 Å². The van der Waals surface area contributed by atoms with Crippen molar-refractivity contribution in [2.24, 2.45) is 5.92 Å². The molecule has 1 rings (SSSR count). The average Bonchev–Trinajstić information content (AvgIpc) is 2.05. The van der Waals surface area contributed by atoms with Crippen LogP contribution < -0.4 is 4.89 Å². The Bertz CT molecular complexity index is 206. The highest BCUT2D eigenvalue weighted by molar-refractivity contribution is 5.20. The second-order valence-electron chi connectivity index (χ2n) is 3.07. The van der Waals surface area contributed by atoms with Gasteiger partial charge in [0.2, 0.25) is 0 Å². The smallest absolute Gasteiger partial charge is 0.165 e. The molecule has 0 atom stereocenters. The van der Waals surface area contributed by atoms with Crippen molar-refractivity contribution in [2.75, 3.05) is 6.61 Å². The monoisotopic (exact) mass is 166 g/mol. The lowest BCUT2D eigenvalue weighted by molar-refractivity contribution is -0.214. The van der Waals surface area contributed by atoms with Crippen molar-refractivity contribution in [2.45, 2.75) is 13.8 Å². The van der Waals surface area contributed by atoms with E-state index in [9.17, 15) is 0 Å². The number of benzene rings is 1. The lowest BCUT2D eigenvalue weighted by Gasteiger charge is -2.05. The van der Waals surface area contributed by atoms with Crippen LogP contribution in [0, 0.1) is 5.92 Å². The molecule has 0 radical (unpaired) electrons. The highest BCUT2D eigenvalue weighted by Crippen LogP contribution is 2.08. The van der Waals surface area contributed by atoms with Gasteiger partial charge in [-0.25, -0.2) is 0 Å². The van der Waals surface area contributed by atoms with Gasteiger partial charge in [0, 0.05) is 0 Å². The zero-order valence-electron chi connectivity index (χ0n) is 7.49. The molecular formula is C10H14O2. The number of hydrogen-bond acceptors (Lipinski definition) is 2. The first-order chi connectivity index (χ1) is 5.79. The van der Waals surface area contributed by atoms with Crippen molar-refractivity contribution in [1.29, 1.82) is 0 Å². The van der Waals surface area contributed by atoms with E-state index in [0.717, 1.165) is 5.75 Å². The number of rotatable bonds is 4. The molecule has 0 aliphatic rings. The van der Waals surface area contributed by atoms with Gasteiger partial charge >= 0.3 is 0 Å². The molecule has 1 aromatic carbocycles. The molecule has 0 aliphatic carbocycles. The average molecular weight is 166 g/mol. The van der Waals surface area contributed by atoms with Gasteiger partial charge in [0.05, 0.1) is 6.61 Å². The third kappa shape index (κ3) is 3.39. The maximum absolute atomic E-state index is 5.02. The summed E-state index contributed by atoms with van der Waals surface area (Å²) in [7, 11) is 0. The van der Waals surface area contributed by atoms with Crippen molar-refractivity contribution in [1.82, 2.24) is 0 Å². The predicted octanol–water partition coefficient (Wildman–Crippen LogP) is 2.65. The van der Waals surface area contributed by atoms with Gasteiger partial charge in [-0.15, -0.1) is 0 Å². The first-order valence-electron chi connectivity index (χ1n) is 4.13. The Morgan fingerprint density at radius 1 is 1.17 bits per heavy atom. The lowest BCUT2D eigenvalue weighted by atomic mass is 10.2. The van der Waals surface area contributed by atoms with E-state index < -0.39 is 0 Å². The van der Waals surface area contributed by atoms with Crippen LogP contribution in [0.2, 0.25) is 0 Å². The van der Waals surface area contributed by atoms with E-state index >= 15 is 0 Å². The van der Waals surface area contributed by atoms with Crippen molar-refractivity contribution in [3.05, 3.63) is 30.3 Å². The largest absolute Gasteiger partial charge is 0.338 e. The molecule has 0 saturated carbocycles. The second kappa shape index (κ2) is 4.78. The van der Waals surface area contributed by atoms with E-state index in [1.165, 1.54) is 0 Å². The molecule has 0 N–H and O–H groups in total. The molecule has 0 spiro atoms. The SMILES string of the molecule is CC(C)COOc1ccccc1. The van der Waals surface area contributed by atoms with Gasteiger partial charge < -0.3 is 4.89 Å². The Hall–Kier alpha value is -1.02. The van der Waals surface area contributed by atoms with E-state index in [2.05, 4.69) is 13.8 Å². The highest BCUT2D eigenvalue weighted by atomic mass is 17.2. The van der Waals surface area contributed by atoms with E-state index in [1.807, 2.05) is 30.3 Å². The molecule has 0 heterocycles. The molecular weight excluding hydrogens is 152 g/mol. The Morgan fingerprint density at radius 2 is 1.83 bits per heavy atom. The van der Waals surface area contributed by atoms with Gasteiger partial charge in [0.15, 0.2) is 5.75 Å². The van der Waals surface area contributed by atoms with Crippen LogP contribution in [0.1, 0.15) is 13.8 Å². The summed E-state index contributed by atoms with van der Waals surface area (Å²) in [4.78, 5) is 10.00. The summed E-state index contributed by atoms with van der Waals surface area (Å²) in [5.41, 5.74) is 0. The zero-order valence-corrected chi connectivity index (χ0v) is 7.49. The van der Waals surface area contributed by atoms with Crippen LogP contribution in [0.25, 0.3) is 0 Å². The van der Waals surface area contributed by atoms with Crippen LogP contribution >= 0.6 is 0 Å². The summed E-state index contributed by atoms with van der Waals surface area (Å²) in [6.07, 6.45) is 0. The molecule has 0 aromatic heterocycles. The minimum absolute atomic E-state index is 0.494. The normalized spacial score (nSPS) is 10.2. The fourth-order valence-electron chi connectivity index (χ4n) is 0.714. The maximum atomic E-state index is 5.02. The molecule has 2 heteroatoms. The Kier molecular flexibility index (Phi) is 3.61. The van der Waals surface area contributed by atoms with Crippen molar-refractivity contribution >= 4 is 0 Å². The summed E-state index contributed by atoms with van der Waals surface area (Å²) in [5, 5.41) is 0. The van der Waals surface area contributed by atoms with Crippen LogP contribution in [-0.4, -0.2) is 6.61 Å². The molecule has 2 nitrogen and oxygen atoms in total.